The van der Waals surface area contributed by atoms with Crippen LogP contribution in [-0.2, 0) is 9.59 Å². The maximum absolute atomic E-state index is 13.1. The molecule has 0 radical (unpaired) electrons. The van der Waals surface area contributed by atoms with Gasteiger partial charge in [-0.1, -0.05) is 35.3 Å². The molecule has 146 valence electrons. The fourth-order valence-electron chi connectivity index (χ4n) is 2.54. The van der Waals surface area contributed by atoms with Crippen LogP contribution in [0.15, 0.2) is 42.0 Å². The van der Waals surface area contributed by atoms with E-state index in [-0.39, 0.29) is 33.0 Å². The summed E-state index contributed by atoms with van der Waals surface area (Å²) in [6, 6.07) is 11.7. The van der Waals surface area contributed by atoms with E-state index in [1.807, 2.05) is 28.7 Å². The summed E-state index contributed by atoms with van der Waals surface area (Å²) in [5, 5.41) is 11.4. The Labute approximate surface area is 195 Å². The van der Waals surface area contributed by atoms with Gasteiger partial charge in [-0.05, 0) is 70.7 Å². The van der Waals surface area contributed by atoms with Crippen molar-refractivity contribution < 1.29 is 14.3 Å². The van der Waals surface area contributed by atoms with Gasteiger partial charge < -0.3 is 4.74 Å². The van der Waals surface area contributed by atoms with Crippen LogP contribution in [0.1, 0.15) is 5.56 Å². The molecule has 0 bridgehead atoms. The van der Waals surface area contributed by atoms with Crippen LogP contribution in [0.25, 0.3) is 6.08 Å². The van der Waals surface area contributed by atoms with Gasteiger partial charge >= 0.3 is 0 Å². The highest BCUT2D eigenvalue weighted by Crippen LogP contribution is 2.34. The average Bonchev–Trinajstić information content (AvgIpc) is 2.67. The molecule has 1 fully saturated rings. The lowest BCUT2D eigenvalue weighted by molar-refractivity contribution is -0.122. The van der Waals surface area contributed by atoms with E-state index in [0.717, 1.165) is 8.47 Å². The summed E-state index contributed by atoms with van der Waals surface area (Å²) >= 11 is 19.5. The van der Waals surface area contributed by atoms with Crippen molar-refractivity contribution in [2.45, 2.75) is 0 Å². The molecule has 29 heavy (non-hydrogen) atoms. The molecule has 0 unspecified atom stereocenters. The quantitative estimate of drug-likeness (QED) is 0.262. The number of halogens is 3. The average molecular weight is 558 g/mol. The Hall–Kier alpha value is -2.19. The normalized spacial score (nSPS) is 15.3. The first-order valence-corrected chi connectivity index (χ1v) is 10.2. The fourth-order valence-corrected chi connectivity index (χ4v) is 3.89. The highest BCUT2D eigenvalue weighted by Gasteiger charge is 2.35. The number of carbonyl (C=O) groups is 2. The lowest BCUT2D eigenvalue weighted by Crippen LogP contribution is -2.54. The highest BCUT2D eigenvalue weighted by atomic mass is 127. The lowest BCUT2D eigenvalue weighted by atomic mass is 10.1. The number of ether oxygens (including phenoxy) is 1. The van der Waals surface area contributed by atoms with Gasteiger partial charge in [0.25, 0.3) is 11.8 Å². The Morgan fingerprint density at radius 3 is 2.72 bits per heavy atom. The molecule has 1 aliphatic heterocycles. The molecule has 1 N–H and O–H groups in total. The van der Waals surface area contributed by atoms with E-state index in [2.05, 4.69) is 5.32 Å². The van der Waals surface area contributed by atoms with Gasteiger partial charge in [0.2, 0.25) is 0 Å². The van der Waals surface area contributed by atoms with Crippen molar-refractivity contribution in [3.05, 3.63) is 61.2 Å². The molecule has 10 heteroatoms. The molecule has 3 rings (SSSR count). The van der Waals surface area contributed by atoms with Crippen LogP contribution >= 0.6 is 58.0 Å². The monoisotopic (exact) mass is 557 g/mol. The van der Waals surface area contributed by atoms with Crippen LogP contribution in [-0.4, -0.2) is 23.5 Å². The van der Waals surface area contributed by atoms with Gasteiger partial charge in [-0.3, -0.25) is 19.8 Å². The first-order valence-electron chi connectivity index (χ1n) is 7.98. The first kappa shape index (κ1) is 21.5. The molecule has 1 saturated heterocycles. The predicted octanol–water partition coefficient (Wildman–Crippen LogP) is 4.33. The third-order valence-corrected chi connectivity index (χ3v) is 5.77. The van der Waals surface area contributed by atoms with Gasteiger partial charge in [-0.25, -0.2) is 0 Å². The second kappa shape index (κ2) is 9.09. The molecule has 2 aromatic rings. The number of benzene rings is 2. The number of rotatable bonds is 4. The molecular weight excluding hydrogens is 548 g/mol. The summed E-state index contributed by atoms with van der Waals surface area (Å²) in [5.74, 6) is -0.709. The topological polar surface area (TPSA) is 82.4 Å². The maximum Gasteiger partial charge on any atom is 0.270 e. The summed E-state index contributed by atoms with van der Waals surface area (Å²) in [5.41, 5.74) is 0.758. The molecule has 0 spiro atoms. The summed E-state index contributed by atoms with van der Waals surface area (Å²) < 4.78 is 6.02. The van der Waals surface area contributed by atoms with Crippen molar-refractivity contribution >= 4 is 86.7 Å². The van der Waals surface area contributed by atoms with E-state index in [9.17, 15) is 9.59 Å². The van der Waals surface area contributed by atoms with Crippen LogP contribution in [0.2, 0.25) is 10.0 Å². The minimum absolute atomic E-state index is 0.0792. The Morgan fingerprint density at radius 2 is 2.03 bits per heavy atom. The zero-order valence-electron chi connectivity index (χ0n) is 14.4. The largest absolute Gasteiger partial charge is 0.478 e. The van der Waals surface area contributed by atoms with Crippen molar-refractivity contribution in [3.8, 4) is 11.8 Å². The third kappa shape index (κ3) is 4.53. The van der Waals surface area contributed by atoms with E-state index in [4.69, 9.17) is 45.4 Å². The van der Waals surface area contributed by atoms with Gasteiger partial charge in [0.15, 0.2) is 11.7 Å². The van der Waals surface area contributed by atoms with E-state index in [1.165, 1.54) is 6.08 Å². The van der Waals surface area contributed by atoms with Crippen LogP contribution in [0.5, 0.6) is 5.75 Å². The predicted molar refractivity (Wildman–Crippen MR) is 123 cm³/mol. The molecule has 0 atom stereocenters. The van der Waals surface area contributed by atoms with Gasteiger partial charge in [0, 0.05) is 0 Å². The number of amides is 2. The number of thiocarbonyl (C=S) groups is 1. The van der Waals surface area contributed by atoms with E-state index >= 15 is 0 Å². The SMILES string of the molecule is N#CCOc1ccc(/C=C2\C(=O)NC(=S)N(c3cccc(Cl)c3Cl)C2=O)cc1I. The fraction of sp³-hybridized carbons (Fsp3) is 0.0526. The molecule has 0 aromatic heterocycles. The molecule has 6 nitrogen and oxygen atoms in total. The zero-order chi connectivity index (χ0) is 21.1. The number of hydrogen-bond acceptors (Lipinski definition) is 5. The number of carbonyl (C=O) groups excluding carboxylic acids is 2. The number of nitrogens with zero attached hydrogens (tertiary/aromatic N) is 2. The summed E-state index contributed by atoms with van der Waals surface area (Å²) in [4.78, 5) is 26.6. The Morgan fingerprint density at radius 1 is 1.28 bits per heavy atom. The minimum Gasteiger partial charge on any atom is -0.478 e. The van der Waals surface area contributed by atoms with Crippen molar-refractivity contribution in [1.29, 1.82) is 5.26 Å². The third-order valence-electron chi connectivity index (χ3n) is 3.83. The number of nitrogens with one attached hydrogen (secondary N) is 1. The van der Waals surface area contributed by atoms with Crippen molar-refractivity contribution in [1.82, 2.24) is 5.32 Å². The van der Waals surface area contributed by atoms with Gasteiger partial charge in [-0.15, -0.1) is 0 Å². The minimum atomic E-state index is -0.622. The van der Waals surface area contributed by atoms with E-state index < -0.39 is 11.8 Å². The van der Waals surface area contributed by atoms with Gasteiger partial charge in [0.1, 0.15) is 17.4 Å². The van der Waals surface area contributed by atoms with Crippen molar-refractivity contribution in [3.63, 3.8) is 0 Å². The van der Waals surface area contributed by atoms with E-state index in [1.54, 1.807) is 36.4 Å². The molecule has 0 saturated carbocycles. The standard InChI is InChI=1S/C19H10Cl2IN3O3S/c20-12-2-1-3-14(16(12)21)25-18(27)11(17(26)24-19(25)29)8-10-4-5-15(13(22)9-10)28-7-6-23/h1-5,8-9H,7H2,(H,24,26,29)/b11-8+. The van der Waals surface area contributed by atoms with Crippen LogP contribution in [0.3, 0.4) is 0 Å². The van der Waals surface area contributed by atoms with Crippen LogP contribution < -0.4 is 15.0 Å². The summed E-state index contributed by atoms with van der Waals surface area (Å²) in [6.45, 7) is -0.0792. The first-order chi connectivity index (χ1) is 13.8. The summed E-state index contributed by atoms with van der Waals surface area (Å²) in [6.07, 6.45) is 1.45. The Bertz CT molecular complexity index is 1110. The molecule has 1 aliphatic rings. The maximum atomic E-state index is 13.1. The Balaban J connectivity index is 1.99. The smallest absolute Gasteiger partial charge is 0.270 e. The molecular formula is C19H10Cl2IN3O3S. The van der Waals surface area contributed by atoms with Crippen LogP contribution in [0.4, 0.5) is 5.69 Å². The van der Waals surface area contributed by atoms with Crippen molar-refractivity contribution in [2.24, 2.45) is 0 Å². The van der Waals surface area contributed by atoms with Crippen LogP contribution in [0, 0.1) is 14.9 Å². The molecule has 2 amide bonds. The zero-order valence-corrected chi connectivity index (χ0v) is 18.9. The number of nitriles is 1. The second-order valence-electron chi connectivity index (χ2n) is 5.67. The van der Waals surface area contributed by atoms with Gasteiger partial charge in [0.05, 0.1) is 19.3 Å². The number of hydrogen-bond donors (Lipinski definition) is 1. The molecule has 1 heterocycles. The van der Waals surface area contributed by atoms with E-state index in [0.29, 0.717) is 11.3 Å². The summed E-state index contributed by atoms with van der Waals surface area (Å²) in [7, 11) is 0. The Kier molecular flexibility index (Phi) is 6.74. The lowest BCUT2D eigenvalue weighted by Gasteiger charge is -2.29. The second-order valence-corrected chi connectivity index (χ2v) is 8.00. The number of anilines is 1. The van der Waals surface area contributed by atoms with Gasteiger partial charge in [-0.2, -0.15) is 5.26 Å². The highest BCUT2D eigenvalue weighted by molar-refractivity contribution is 14.1. The van der Waals surface area contributed by atoms with Crippen molar-refractivity contribution in [2.75, 3.05) is 11.5 Å². The molecule has 0 aliphatic carbocycles. The molecule has 2 aromatic carbocycles.